The Morgan fingerprint density at radius 1 is 1.23 bits per heavy atom. The fourth-order valence-electron chi connectivity index (χ4n) is 1.15. The first-order valence-corrected chi connectivity index (χ1v) is 3.53. The van der Waals surface area contributed by atoms with Gasteiger partial charge in [0.15, 0.2) is 0 Å². The van der Waals surface area contributed by atoms with Crippen LogP contribution in [0.25, 0.3) is 0 Å². The molecule has 0 aromatic carbocycles. The number of rotatable bonds is 2. The van der Waals surface area contributed by atoms with E-state index in [4.69, 9.17) is 20.4 Å². The van der Waals surface area contributed by atoms with Crippen LogP contribution in [0.4, 0.5) is 0 Å². The highest BCUT2D eigenvalue weighted by Crippen LogP contribution is 2.28. The van der Waals surface area contributed by atoms with Crippen LogP contribution in [-0.2, 0) is 4.74 Å². The van der Waals surface area contributed by atoms with Crippen molar-refractivity contribution in [2.24, 2.45) is 0 Å². The van der Waals surface area contributed by atoms with Gasteiger partial charge in [0.2, 0.25) is 5.79 Å². The third-order valence-electron chi connectivity index (χ3n) is 1.93. The minimum absolute atomic E-state index is 0. The quantitative estimate of drug-likeness (QED) is 0.284. The maximum Gasteiger partial charge on any atom is 0.219 e. The molecule has 1 rings (SSSR count). The highest BCUT2D eigenvalue weighted by molar-refractivity contribution is 5.75. The Labute approximate surface area is 77.0 Å². The van der Waals surface area contributed by atoms with Gasteiger partial charge in [-0.25, -0.2) is 0 Å². The van der Waals surface area contributed by atoms with Crippen molar-refractivity contribution >= 4 is 8.41 Å². The molecule has 0 spiro atoms. The Morgan fingerprint density at radius 3 is 2.00 bits per heavy atom. The summed E-state index contributed by atoms with van der Waals surface area (Å²) < 4.78 is 4.63. The number of ether oxygens (including phenoxy) is 1. The molecule has 13 heavy (non-hydrogen) atoms. The summed E-state index contributed by atoms with van der Waals surface area (Å²) in [4.78, 5) is 0. The molecule has 4 atom stereocenters. The molecular formula is C6H15BO6. The van der Waals surface area contributed by atoms with E-state index in [2.05, 4.69) is 4.74 Å². The maximum atomic E-state index is 9.25. The molecule has 1 unspecified atom stereocenters. The van der Waals surface area contributed by atoms with E-state index in [-0.39, 0.29) is 8.41 Å². The van der Waals surface area contributed by atoms with Crippen LogP contribution < -0.4 is 0 Å². The van der Waals surface area contributed by atoms with Crippen LogP contribution in [0.15, 0.2) is 0 Å². The molecule has 6 nitrogen and oxygen atoms in total. The van der Waals surface area contributed by atoms with Crippen LogP contribution in [0.1, 0.15) is 0 Å². The average molecular weight is 194 g/mol. The average Bonchev–Trinajstić information content (AvgIpc) is 2.31. The van der Waals surface area contributed by atoms with Gasteiger partial charge in [-0.1, -0.05) is 0 Å². The van der Waals surface area contributed by atoms with Crippen LogP contribution in [-0.4, -0.2) is 71.3 Å². The molecule has 7 heteroatoms. The van der Waals surface area contributed by atoms with E-state index in [0.717, 1.165) is 0 Å². The molecule has 0 saturated carbocycles. The fourth-order valence-corrected chi connectivity index (χ4v) is 1.15. The van der Waals surface area contributed by atoms with Crippen LogP contribution in [0.2, 0.25) is 0 Å². The molecular weight excluding hydrogens is 179 g/mol. The first-order chi connectivity index (χ1) is 5.55. The molecule has 1 saturated heterocycles. The second-order valence-electron chi connectivity index (χ2n) is 2.78. The van der Waals surface area contributed by atoms with Crippen molar-refractivity contribution < 1.29 is 30.3 Å². The second kappa shape index (κ2) is 4.36. The number of aliphatic hydroxyl groups excluding tert-OH is 4. The molecule has 1 heterocycles. The first-order valence-electron chi connectivity index (χ1n) is 3.53. The minimum Gasteiger partial charge on any atom is -0.394 e. The highest BCUT2D eigenvalue weighted by Gasteiger charge is 2.52. The predicted octanol–water partition coefficient (Wildman–Crippen LogP) is -4.40. The van der Waals surface area contributed by atoms with Crippen molar-refractivity contribution in [2.75, 3.05) is 13.2 Å². The maximum absolute atomic E-state index is 9.25. The van der Waals surface area contributed by atoms with Crippen LogP contribution in [0.3, 0.4) is 0 Å². The van der Waals surface area contributed by atoms with Gasteiger partial charge in [0.05, 0.1) is 21.6 Å². The summed E-state index contributed by atoms with van der Waals surface area (Å²) in [6.45, 7) is -1.36. The van der Waals surface area contributed by atoms with Crippen molar-refractivity contribution in [1.82, 2.24) is 0 Å². The van der Waals surface area contributed by atoms with E-state index >= 15 is 0 Å². The van der Waals surface area contributed by atoms with Gasteiger partial charge in [0, 0.05) is 0 Å². The zero-order valence-corrected chi connectivity index (χ0v) is 6.29. The van der Waals surface area contributed by atoms with Gasteiger partial charge >= 0.3 is 0 Å². The lowest BCUT2D eigenvalue weighted by molar-refractivity contribution is -0.248. The van der Waals surface area contributed by atoms with E-state index in [1.165, 1.54) is 0 Å². The molecule has 5 N–H and O–H groups in total. The van der Waals surface area contributed by atoms with Gasteiger partial charge in [0.1, 0.15) is 18.3 Å². The fraction of sp³-hybridized carbons (Fsp3) is 1.00. The summed E-state index contributed by atoms with van der Waals surface area (Å²) in [5.41, 5.74) is 0. The summed E-state index contributed by atoms with van der Waals surface area (Å²) >= 11 is 0. The molecule has 0 bridgehead atoms. The van der Waals surface area contributed by atoms with E-state index < -0.39 is 37.3 Å². The zero-order valence-electron chi connectivity index (χ0n) is 6.29. The Kier molecular flexibility index (Phi) is 4.30. The number of hydrogen-bond donors (Lipinski definition) is 5. The number of aliphatic hydroxyl groups is 5. The molecule has 1 fully saturated rings. The summed E-state index contributed by atoms with van der Waals surface area (Å²) in [6.07, 6.45) is -4.04. The minimum atomic E-state index is -2.16. The Bertz CT molecular complexity index is 167. The molecule has 0 aliphatic carbocycles. The predicted molar refractivity (Wildman–Crippen MR) is 45.9 cm³/mol. The largest absolute Gasteiger partial charge is 0.394 e. The molecule has 1 aliphatic heterocycles. The van der Waals surface area contributed by atoms with Gasteiger partial charge in [-0.15, -0.1) is 0 Å². The van der Waals surface area contributed by atoms with Crippen molar-refractivity contribution in [3.8, 4) is 0 Å². The summed E-state index contributed by atoms with van der Waals surface area (Å²) in [7, 11) is 0. The lowest BCUT2D eigenvalue weighted by atomic mass is 10.1. The smallest absolute Gasteiger partial charge is 0.219 e. The van der Waals surface area contributed by atoms with Gasteiger partial charge in [-0.3, -0.25) is 0 Å². The molecule has 0 aromatic heterocycles. The van der Waals surface area contributed by atoms with Gasteiger partial charge < -0.3 is 30.3 Å². The molecule has 0 amide bonds. The summed E-state index contributed by atoms with van der Waals surface area (Å²) in [5, 5.41) is 44.7. The van der Waals surface area contributed by atoms with Crippen LogP contribution in [0.5, 0.6) is 0 Å². The number of hydrogen-bond acceptors (Lipinski definition) is 6. The van der Waals surface area contributed by atoms with Crippen molar-refractivity contribution in [2.45, 2.75) is 24.1 Å². The third kappa shape index (κ3) is 2.01. The lowest BCUT2D eigenvalue weighted by Crippen LogP contribution is -2.46. The van der Waals surface area contributed by atoms with Crippen LogP contribution in [0, 0.1) is 0 Å². The topological polar surface area (TPSA) is 110 Å². The summed E-state index contributed by atoms with van der Waals surface area (Å²) in [6, 6.07) is 0. The molecule has 0 aromatic rings. The van der Waals surface area contributed by atoms with E-state index in [1.54, 1.807) is 0 Å². The third-order valence-corrected chi connectivity index (χ3v) is 1.93. The van der Waals surface area contributed by atoms with E-state index in [0.29, 0.717) is 0 Å². The lowest BCUT2D eigenvalue weighted by Gasteiger charge is -2.22. The van der Waals surface area contributed by atoms with E-state index in [9.17, 15) is 5.11 Å². The Hall–Kier alpha value is -0.175. The normalized spacial score (nSPS) is 44.5. The van der Waals surface area contributed by atoms with Crippen molar-refractivity contribution in [3.05, 3.63) is 0 Å². The standard InChI is InChI=1S/C6H12O6.BH3/c7-1-3-4(9)5(10)6(11,2-8)12-3;/h3-5,7-11H,1-2H2;1H3/t3-,4-,5+,6?;/m1./s1. The van der Waals surface area contributed by atoms with E-state index in [1.807, 2.05) is 0 Å². The zero-order chi connectivity index (χ0) is 9.35. The molecule has 0 radical (unpaired) electrons. The first kappa shape index (κ1) is 12.8. The summed E-state index contributed by atoms with van der Waals surface area (Å²) in [5.74, 6) is -2.16. The van der Waals surface area contributed by atoms with Gasteiger partial charge in [0.25, 0.3) is 0 Å². The SMILES string of the molecule is B.OC[C@H]1OC(O)(CO)[C@@H](O)[C@@H]1O. The van der Waals surface area contributed by atoms with Crippen molar-refractivity contribution in [3.63, 3.8) is 0 Å². The highest BCUT2D eigenvalue weighted by atomic mass is 16.7. The molecule has 78 valence electrons. The Balaban J connectivity index is 0.00000144. The second-order valence-corrected chi connectivity index (χ2v) is 2.78. The monoisotopic (exact) mass is 194 g/mol. The van der Waals surface area contributed by atoms with Crippen LogP contribution >= 0.6 is 0 Å². The Morgan fingerprint density at radius 2 is 1.77 bits per heavy atom. The molecule has 1 aliphatic rings. The van der Waals surface area contributed by atoms with Gasteiger partial charge in [-0.05, 0) is 0 Å². The van der Waals surface area contributed by atoms with Gasteiger partial charge in [-0.2, -0.15) is 0 Å². The van der Waals surface area contributed by atoms with Crippen molar-refractivity contribution in [1.29, 1.82) is 0 Å².